The molecule has 7 nitrogen and oxygen atoms in total. The Kier molecular flexibility index (Phi) is 4.52. The topological polar surface area (TPSA) is 105 Å². The first-order chi connectivity index (χ1) is 8.34. The number of primary amides is 1. The molecule has 0 aromatic heterocycles. The molecule has 1 rings (SSSR count). The van der Waals surface area contributed by atoms with Crippen LogP contribution >= 0.6 is 0 Å². The van der Waals surface area contributed by atoms with Crippen molar-refractivity contribution in [1.82, 2.24) is 15.5 Å². The van der Waals surface area contributed by atoms with E-state index in [1.54, 1.807) is 6.92 Å². The third-order valence-electron chi connectivity index (χ3n) is 3.01. The molecule has 1 heterocycles. The van der Waals surface area contributed by atoms with Gasteiger partial charge in [-0.1, -0.05) is 13.8 Å². The molecule has 2 atom stereocenters. The van der Waals surface area contributed by atoms with Gasteiger partial charge in [0.2, 0.25) is 11.8 Å². The van der Waals surface area contributed by atoms with Crippen LogP contribution in [0.3, 0.4) is 0 Å². The summed E-state index contributed by atoms with van der Waals surface area (Å²) in [7, 11) is 0. The first kappa shape index (κ1) is 14.3. The minimum Gasteiger partial charge on any atom is -0.353 e. The van der Waals surface area contributed by atoms with E-state index in [0.29, 0.717) is 13.1 Å². The molecule has 0 aromatic carbocycles. The molecule has 4 amide bonds. The molecular weight excluding hydrogens is 236 g/mol. The number of nitrogens with zero attached hydrogens (tertiary/aromatic N) is 1. The number of carbonyl (C=O) groups excluding carboxylic acids is 3. The van der Waals surface area contributed by atoms with Gasteiger partial charge in [0.1, 0.15) is 12.1 Å². The van der Waals surface area contributed by atoms with Crippen molar-refractivity contribution in [1.29, 1.82) is 0 Å². The molecule has 1 fully saturated rings. The number of piperazine rings is 1. The Morgan fingerprint density at radius 1 is 1.50 bits per heavy atom. The van der Waals surface area contributed by atoms with Gasteiger partial charge in [0.25, 0.3) is 0 Å². The highest BCUT2D eigenvalue weighted by Crippen LogP contribution is 2.11. The Bertz CT molecular complexity index is 352. The molecule has 1 saturated heterocycles. The summed E-state index contributed by atoms with van der Waals surface area (Å²) in [6.07, 6.45) is 0. The van der Waals surface area contributed by atoms with E-state index in [1.807, 2.05) is 13.8 Å². The fourth-order valence-electron chi connectivity index (χ4n) is 1.93. The first-order valence-corrected chi connectivity index (χ1v) is 5.98. The van der Waals surface area contributed by atoms with Crippen LogP contribution in [0.25, 0.3) is 0 Å². The van der Waals surface area contributed by atoms with Gasteiger partial charge in [0.05, 0.1) is 0 Å². The molecule has 0 aromatic rings. The smallest absolute Gasteiger partial charge is 0.312 e. The molecule has 7 heteroatoms. The Balaban J connectivity index is 2.81. The molecule has 0 bridgehead atoms. The highest BCUT2D eigenvalue weighted by Gasteiger charge is 2.35. The zero-order chi connectivity index (χ0) is 13.9. The molecule has 0 radical (unpaired) electrons. The molecule has 0 saturated carbocycles. The lowest BCUT2D eigenvalue weighted by Gasteiger charge is -2.36. The largest absolute Gasteiger partial charge is 0.353 e. The van der Waals surface area contributed by atoms with E-state index in [2.05, 4.69) is 10.6 Å². The molecule has 18 heavy (non-hydrogen) atoms. The van der Waals surface area contributed by atoms with Crippen molar-refractivity contribution in [2.45, 2.75) is 32.9 Å². The zero-order valence-electron chi connectivity index (χ0n) is 10.9. The average molecular weight is 256 g/mol. The number of rotatable bonds is 3. The highest BCUT2D eigenvalue weighted by molar-refractivity contribution is 5.92. The third kappa shape index (κ3) is 3.12. The van der Waals surface area contributed by atoms with Gasteiger partial charge in [-0.2, -0.15) is 0 Å². The van der Waals surface area contributed by atoms with Crippen molar-refractivity contribution in [2.24, 2.45) is 11.7 Å². The molecule has 1 aliphatic rings. The minimum atomic E-state index is -0.740. The van der Waals surface area contributed by atoms with Gasteiger partial charge in [-0.05, 0) is 12.8 Å². The van der Waals surface area contributed by atoms with Crippen LogP contribution in [-0.4, -0.2) is 47.9 Å². The van der Waals surface area contributed by atoms with Crippen LogP contribution in [0.15, 0.2) is 0 Å². The van der Waals surface area contributed by atoms with Gasteiger partial charge < -0.3 is 21.3 Å². The van der Waals surface area contributed by atoms with Crippen molar-refractivity contribution < 1.29 is 14.4 Å². The second kappa shape index (κ2) is 5.70. The standard InChI is InChI=1S/C11H20N4O3/c1-6(2)8(14-11(12)18)10(17)15-5-4-13-9(16)7(15)3/h6-8H,4-5H2,1-3H3,(H,13,16)(H3,12,14,18). The number of carbonyl (C=O) groups is 3. The second-order valence-corrected chi connectivity index (χ2v) is 4.73. The number of hydrogen-bond donors (Lipinski definition) is 3. The van der Waals surface area contributed by atoms with Crippen molar-refractivity contribution in [3.05, 3.63) is 0 Å². The lowest BCUT2D eigenvalue weighted by atomic mass is 10.0. The van der Waals surface area contributed by atoms with Gasteiger partial charge in [0.15, 0.2) is 0 Å². The monoisotopic (exact) mass is 256 g/mol. The Morgan fingerprint density at radius 2 is 2.11 bits per heavy atom. The molecular formula is C11H20N4O3. The Hall–Kier alpha value is -1.79. The van der Waals surface area contributed by atoms with Gasteiger partial charge in [0, 0.05) is 13.1 Å². The quantitative estimate of drug-likeness (QED) is 0.605. The lowest BCUT2D eigenvalue weighted by molar-refractivity contribution is -0.144. The van der Waals surface area contributed by atoms with Crippen LogP contribution in [0.2, 0.25) is 0 Å². The highest BCUT2D eigenvalue weighted by atomic mass is 16.2. The summed E-state index contributed by atoms with van der Waals surface area (Å²) in [4.78, 5) is 36.2. The van der Waals surface area contributed by atoms with Crippen LogP contribution in [0.4, 0.5) is 4.79 Å². The summed E-state index contributed by atoms with van der Waals surface area (Å²) in [5.41, 5.74) is 5.06. The van der Waals surface area contributed by atoms with Crippen molar-refractivity contribution in [3.8, 4) is 0 Å². The fraction of sp³-hybridized carbons (Fsp3) is 0.727. The summed E-state index contributed by atoms with van der Waals surface area (Å²) in [5, 5.41) is 5.11. The lowest BCUT2D eigenvalue weighted by Crippen LogP contribution is -2.61. The fourth-order valence-corrected chi connectivity index (χ4v) is 1.93. The maximum atomic E-state index is 12.3. The molecule has 0 spiro atoms. The van der Waals surface area contributed by atoms with E-state index in [9.17, 15) is 14.4 Å². The maximum Gasteiger partial charge on any atom is 0.312 e. The van der Waals surface area contributed by atoms with E-state index in [-0.39, 0.29) is 17.7 Å². The normalized spacial score (nSPS) is 21.4. The predicted molar refractivity (Wildman–Crippen MR) is 65.5 cm³/mol. The number of hydrogen-bond acceptors (Lipinski definition) is 3. The van der Waals surface area contributed by atoms with Crippen molar-refractivity contribution in [3.63, 3.8) is 0 Å². The predicted octanol–water partition coefficient (Wildman–Crippen LogP) is -0.974. The summed E-state index contributed by atoms with van der Waals surface area (Å²) < 4.78 is 0. The van der Waals surface area contributed by atoms with E-state index in [0.717, 1.165) is 0 Å². The van der Waals surface area contributed by atoms with Crippen LogP contribution < -0.4 is 16.4 Å². The second-order valence-electron chi connectivity index (χ2n) is 4.73. The number of nitrogens with one attached hydrogen (secondary N) is 2. The Labute approximate surface area is 106 Å². The molecule has 0 aliphatic carbocycles. The SMILES string of the molecule is CC(C)C(NC(N)=O)C(=O)N1CCNC(=O)C1C. The summed E-state index contributed by atoms with van der Waals surface area (Å²) >= 11 is 0. The van der Waals surface area contributed by atoms with Gasteiger partial charge in [-0.25, -0.2) is 4.79 Å². The van der Waals surface area contributed by atoms with Crippen molar-refractivity contribution in [2.75, 3.05) is 13.1 Å². The molecule has 2 unspecified atom stereocenters. The Morgan fingerprint density at radius 3 is 2.61 bits per heavy atom. The summed E-state index contributed by atoms with van der Waals surface area (Å²) in [6.45, 7) is 6.15. The van der Waals surface area contributed by atoms with Crippen LogP contribution in [0.1, 0.15) is 20.8 Å². The van der Waals surface area contributed by atoms with E-state index in [1.165, 1.54) is 4.90 Å². The van der Waals surface area contributed by atoms with E-state index < -0.39 is 18.1 Å². The van der Waals surface area contributed by atoms with Crippen LogP contribution in [0, 0.1) is 5.92 Å². The number of nitrogens with two attached hydrogens (primary N) is 1. The summed E-state index contributed by atoms with van der Waals surface area (Å²) in [5.74, 6) is -0.551. The minimum absolute atomic E-state index is 0.0952. The maximum absolute atomic E-state index is 12.3. The number of urea groups is 1. The van der Waals surface area contributed by atoms with Crippen LogP contribution in [0.5, 0.6) is 0 Å². The first-order valence-electron chi connectivity index (χ1n) is 5.98. The van der Waals surface area contributed by atoms with Gasteiger partial charge in [-0.15, -0.1) is 0 Å². The molecule has 102 valence electrons. The van der Waals surface area contributed by atoms with E-state index in [4.69, 9.17) is 5.73 Å². The van der Waals surface area contributed by atoms with Gasteiger partial charge >= 0.3 is 6.03 Å². The summed E-state index contributed by atoms with van der Waals surface area (Å²) in [6, 6.07) is -1.96. The average Bonchev–Trinajstić information content (AvgIpc) is 2.28. The van der Waals surface area contributed by atoms with Crippen molar-refractivity contribution >= 4 is 17.8 Å². The van der Waals surface area contributed by atoms with E-state index >= 15 is 0 Å². The van der Waals surface area contributed by atoms with Crippen LogP contribution in [-0.2, 0) is 9.59 Å². The molecule has 1 aliphatic heterocycles. The zero-order valence-corrected chi connectivity index (χ0v) is 10.9. The molecule has 4 N–H and O–H groups in total. The van der Waals surface area contributed by atoms with Gasteiger partial charge in [-0.3, -0.25) is 9.59 Å². The number of amides is 4. The third-order valence-corrected chi connectivity index (χ3v) is 3.01.